The van der Waals surface area contributed by atoms with Crippen molar-refractivity contribution in [2.45, 2.75) is 43.5 Å². The maximum atomic E-state index is 13.6. The van der Waals surface area contributed by atoms with Gasteiger partial charge in [-0.2, -0.15) is 5.10 Å². The molecule has 14 heteroatoms. The fourth-order valence-corrected chi connectivity index (χ4v) is 5.44. The lowest BCUT2D eigenvalue weighted by Crippen LogP contribution is -2.70. The Kier molecular flexibility index (Phi) is 5.69. The van der Waals surface area contributed by atoms with E-state index < -0.39 is 41.6 Å². The Balaban J connectivity index is 1.39. The summed E-state index contributed by atoms with van der Waals surface area (Å²) in [6.45, 7) is 0.925. The number of carbonyl (C=O) groups excluding carboxylic acids is 3. The molecule has 0 spiro atoms. The molecule has 11 nitrogen and oxygen atoms in total. The summed E-state index contributed by atoms with van der Waals surface area (Å²) in [5.41, 5.74) is -0.0124. The van der Waals surface area contributed by atoms with Crippen molar-refractivity contribution < 1.29 is 37.8 Å². The second kappa shape index (κ2) is 8.59. The number of carboxylic acid groups (broad SMARTS) is 1. The minimum atomic E-state index is -2.82. The molecule has 2 amide bonds. The zero-order chi connectivity index (χ0) is 25.0. The van der Waals surface area contributed by atoms with Crippen LogP contribution >= 0.6 is 11.8 Å². The fraction of sp³-hybridized carbons (Fsp3) is 0.429. The minimum absolute atomic E-state index is 0.0306. The van der Waals surface area contributed by atoms with Gasteiger partial charge in [0.05, 0.1) is 6.20 Å². The van der Waals surface area contributed by atoms with Gasteiger partial charge in [-0.25, -0.2) is 23.1 Å². The molecule has 3 aliphatic rings. The van der Waals surface area contributed by atoms with Gasteiger partial charge in [0, 0.05) is 29.9 Å². The van der Waals surface area contributed by atoms with Gasteiger partial charge in [0.15, 0.2) is 5.65 Å². The molecule has 2 N–H and O–H groups in total. The lowest BCUT2D eigenvalue weighted by molar-refractivity contribution is -0.149. The smallest absolute Gasteiger partial charge is 0.352 e. The molecule has 2 unspecified atom stereocenters. The number of aromatic nitrogens is 3. The van der Waals surface area contributed by atoms with Gasteiger partial charge in [0.1, 0.15) is 35.0 Å². The predicted octanol–water partition coefficient (Wildman–Crippen LogP) is 1.46. The number of carbonyl (C=O) groups is 4. The second-order valence-electron chi connectivity index (χ2n) is 8.37. The highest BCUT2D eigenvalue weighted by atomic mass is 32.2. The lowest BCUT2D eigenvalue weighted by atomic mass is 10.0. The Morgan fingerprint density at radius 2 is 2.09 bits per heavy atom. The van der Waals surface area contributed by atoms with E-state index in [0.717, 1.165) is 28.5 Å². The summed E-state index contributed by atoms with van der Waals surface area (Å²) in [5, 5.41) is 15.4. The van der Waals surface area contributed by atoms with Crippen LogP contribution in [0.5, 0.6) is 0 Å². The van der Waals surface area contributed by atoms with Crippen LogP contribution in [-0.4, -0.2) is 72.1 Å². The van der Waals surface area contributed by atoms with Crippen molar-refractivity contribution >= 4 is 41.2 Å². The van der Waals surface area contributed by atoms with E-state index in [1.54, 1.807) is 0 Å². The monoisotopic (exact) mass is 507 g/mol. The normalized spacial score (nSPS) is 21.7. The Labute approximate surface area is 200 Å². The Hall–Kier alpha value is -3.55. The first kappa shape index (κ1) is 23.2. The average molecular weight is 507 g/mol. The lowest BCUT2D eigenvalue weighted by Gasteiger charge is -2.49. The van der Waals surface area contributed by atoms with Crippen molar-refractivity contribution in [1.82, 2.24) is 24.8 Å². The molecular formula is C21H19F2N5O6S. The number of β-lactam (4-membered cyclic amide) rings is 1. The number of halogens is 2. The van der Waals surface area contributed by atoms with Crippen LogP contribution in [0.15, 0.2) is 23.5 Å². The molecule has 184 valence electrons. The van der Waals surface area contributed by atoms with E-state index >= 15 is 0 Å². The van der Waals surface area contributed by atoms with E-state index in [2.05, 4.69) is 15.4 Å². The summed E-state index contributed by atoms with van der Waals surface area (Å²) in [6, 6.07) is 0.261. The molecule has 5 rings (SSSR count). The Morgan fingerprint density at radius 3 is 2.71 bits per heavy atom. The second-order valence-corrected chi connectivity index (χ2v) is 9.48. The van der Waals surface area contributed by atoms with E-state index in [9.17, 15) is 33.1 Å². The van der Waals surface area contributed by atoms with Gasteiger partial charge in [0.2, 0.25) is 0 Å². The molecule has 0 aromatic carbocycles. The molecule has 35 heavy (non-hydrogen) atoms. The van der Waals surface area contributed by atoms with E-state index in [-0.39, 0.29) is 46.5 Å². The molecule has 2 aliphatic heterocycles. The highest BCUT2D eigenvalue weighted by Crippen LogP contribution is 2.41. The number of ether oxygens (including phenoxy) is 1. The number of thioether (sulfide) groups is 1. The Morgan fingerprint density at radius 1 is 1.34 bits per heavy atom. The standard InChI is InChI=1S/C21H19F2N5O6S/c1-8(29)34-6-10-7-35-20-14(19(31)27(20)15(10)21(32)33)26-18(30)11-5-24-28-13(16(22)23)4-12(9-2-3-9)25-17(11)28/h4-5,9,14,16,20H,2-3,6-7H2,1H3,(H,26,30)(H,32,33). The number of esters is 1. The maximum absolute atomic E-state index is 13.6. The third-order valence-corrected chi connectivity index (χ3v) is 7.31. The van der Waals surface area contributed by atoms with Gasteiger partial charge in [0.25, 0.3) is 18.2 Å². The number of fused-ring (bicyclic) bond motifs is 2. The van der Waals surface area contributed by atoms with E-state index in [0.29, 0.717) is 5.69 Å². The Bertz CT molecular complexity index is 1310. The molecule has 2 aromatic heterocycles. The quantitative estimate of drug-likeness (QED) is 0.420. The number of rotatable bonds is 7. The predicted molar refractivity (Wildman–Crippen MR) is 116 cm³/mol. The summed E-state index contributed by atoms with van der Waals surface area (Å²) in [6.07, 6.45) is -0.0524. The number of hydrogen-bond acceptors (Lipinski definition) is 8. The van der Waals surface area contributed by atoms with Crippen molar-refractivity contribution in [1.29, 1.82) is 0 Å². The van der Waals surface area contributed by atoms with Gasteiger partial charge < -0.3 is 15.2 Å². The van der Waals surface area contributed by atoms with Crippen molar-refractivity contribution in [3.63, 3.8) is 0 Å². The molecule has 2 fully saturated rings. The first-order chi connectivity index (χ1) is 16.7. The number of aliphatic carboxylic acids is 1. The van der Waals surface area contributed by atoms with Crippen LogP contribution in [0.25, 0.3) is 5.65 Å². The zero-order valence-corrected chi connectivity index (χ0v) is 19.1. The van der Waals surface area contributed by atoms with Crippen molar-refractivity contribution in [2.75, 3.05) is 12.4 Å². The van der Waals surface area contributed by atoms with Crippen LogP contribution in [0.4, 0.5) is 8.78 Å². The first-order valence-corrected chi connectivity index (χ1v) is 11.7. The van der Waals surface area contributed by atoms with E-state index in [4.69, 9.17) is 4.74 Å². The third kappa shape index (κ3) is 4.00. The first-order valence-electron chi connectivity index (χ1n) is 10.7. The van der Waals surface area contributed by atoms with E-state index in [1.165, 1.54) is 24.8 Å². The maximum Gasteiger partial charge on any atom is 0.352 e. The van der Waals surface area contributed by atoms with Crippen LogP contribution in [0.1, 0.15) is 53.9 Å². The van der Waals surface area contributed by atoms with Crippen molar-refractivity contribution in [3.05, 3.63) is 40.5 Å². The van der Waals surface area contributed by atoms with Crippen LogP contribution in [0, 0.1) is 0 Å². The number of nitrogens with one attached hydrogen (secondary N) is 1. The molecule has 0 radical (unpaired) electrons. The molecule has 1 saturated carbocycles. The fourth-order valence-electron chi connectivity index (χ4n) is 4.11. The molecular weight excluding hydrogens is 488 g/mol. The van der Waals surface area contributed by atoms with Crippen LogP contribution in [-0.2, 0) is 19.1 Å². The topological polar surface area (TPSA) is 143 Å². The van der Waals surface area contributed by atoms with Gasteiger partial charge >= 0.3 is 11.9 Å². The molecule has 0 bridgehead atoms. The van der Waals surface area contributed by atoms with Crippen LogP contribution in [0.3, 0.4) is 0 Å². The van der Waals surface area contributed by atoms with Crippen LogP contribution < -0.4 is 5.32 Å². The number of hydrogen-bond donors (Lipinski definition) is 2. The highest BCUT2D eigenvalue weighted by Gasteiger charge is 2.54. The summed E-state index contributed by atoms with van der Waals surface area (Å²) >= 11 is 1.21. The highest BCUT2D eigenvalue weighted by molar-refractivity contribution is 8.00. The van der Waals surface area contributed by atoms with E-state index in [1.807, 2.05) is 0 Å². The minimum Gasteiger partial charge on any atom is -0.477 e. The molecule has 2 atom stereocenters. The molecule has 1 aliphatic carbocycles. The number of carboxylic acids is 1. The largest absolute Gasteiger partial charge is 0.477 e. The number of alkyl halides is 2. The summed E-state index contributed by atoms with van der Waals surface area (Å²) in [7, 11) is 0. The summed E-state index contributed by atoms with van der Waals surface area (Å²) < 4.78 is 33.0. The third-order valence-electron chi connectivity index (χ3n) is 5.97. The molecule has 2 aromatic rings. The van der Waals surface area contributed by atoms with Gasteiger partial charge in [-0.1, -0.05) is 0 Å². The molecule has 1 saturated heterocycles. The van der Waals surface area contributed by atoms with Crippen molar-refractivity contribution in [3.8, 4) is 0 Å². The summed E-state index contributed by atoms with van der Waals surface area (Å²) in [4.78, 5) is 54.2. The molecule has 4 heterocycles. The van der Waals surface area contributed by atoms with Crippen molar-refractivity contribution in [2.24, 2.45) is 0 Å². The average Bonchev–Trinajstić information content (AvgIpc) is 3.58. The van der Waals surface area contributed by atoms with Gasteiger partial charge in [-0.15, -0.1) is 11.8 Å². The summed E-state index contributed by atoms with van der Waals surface area (Å²) in [5.74, 6) is -3.08. The SMILES string of the molecule is CC(=O)OCC1=C(C(=O)O)N2C(=O)C(NC(=O)c3cnn4c(C(F)F)cc(C5CC5)nc34)C2SC1. The number of nitrogens with zero attached hydrogens (tertiary/aromatic N) is 4. The zero-order valence-electron chi connectivity index (χ0n) is 18.2. The van der Waals surface area contributed by atoms with Gasteiger partial charge in [-0.05, 0) is 18.9 Å². The number of amides is 2. The van der Waals surface area contributed by atoms with Gasteiger partial charge in [-0.3, -0.25) is 19.3 Å². The van der Waals surface area contributed by atoms with Crippen LogP contribution in [0.2, 0.25) is 0 Å².